The van der Waals surface area contributed by atoms with E-state index < -0.39 is 120 Å². The molecule has 0 aromatic heterocycles. The summed E-state index contributed by atoms with van der Waals surface area (Å²) in [5, 5.41) is 0. The first-order valence-corrected chi connectivity index (χ1v) is 27.0. The van der Waals surface area contributed by atoms with E-state index in [1.54, 1.807) is 54.6 Å². The first kappa shape index (κ1) is 55.0. The maximum Gasteiger partial charge on any atom is 0.338 e. The Labute approximate surface area is 454 Å². The largest absolute Gasteiger partial charge is 0.469 e. The summed E-state index contributed by atoms with van der Waals surface area (Å²) in [7, 11) is 2.59. The minimum Gasteiger partial charge on any atom is -0.469 e. The third kappa shape index (κ3) is 11.4. The van der Waals surface area contributed by atoms with Crippen LogP contribution in [0.25, 0.3) is 0 Å². The Hall–Kier alpha value is -6.34. The Morgan fingerprint density at radius 3 is 1.71 bits per heavy atom. The summed E-state index contributed by atoms with van der Waals surface area (Å²) in [6.45, 7) is 6.20. The number of fused-ring (bicyclic) bond motifs is 2. The molecule has 0 N–H and O–H groups in total. The Morgan fingerprint density at radius 1 is 0.590 bits per heavy atom. The van der Waals surface area contributed by atoms with Crippen LogP contribution >= 0.6 is 0 Å². The van der Waals surface area contributed by atoms with Gasteiger partial charge in [-0.25, -0.2) is 14.4 Å². The summed E-state index contributed by atoms with van der Waals surface area (Å²) in [4.78, 5) is 55.9. The standard InChI is InChI=1S/C62H68O16/c1-6-22-45-51(46(69-35-40-23-12-7-13-24-40)33-38(2)59(72-45)75-50-39(3)61(34-47(61)73-54(50)58(66)68-5)77-56(64)44-31-20-11-21-32-44)76-60-53(74-55(63)43-29-18-10-19-30-43)48-52(70-36-41-25-14-8-15-26-41)49(57(65)67-4)62(48,78-60)71-37-42-27-16-9-17-28-42/h7-21,23-32,38-39,45-54,59-60H,6,22,33-37H2,1-5H3. The van der Waals surface area contributed by atoms with Crippen LogP contribution in [0, 0.1) is 23.7 Å². The Morgan fingerprint density at radius 2 is 1.13 bits per heavy atom. The topological polar surface area (TPSA) is 179 Å². The average molecular weight is 1070 g/mol. The van der Waals surface area contributed by atoms with Crippen molar-refractivity contribution >= 4 is 23.9 Å². The van der Waals surface area contributed by atoms with Gasteiger partial charge >= 0.3 is 23.9 Å². The van der Waals surface area contributed by atoms with Crippen molar-refractivity contribution in [2.45, 2.75) is 139 Å². The fraction of sp³-hybridized carbons (Fsp3) is 0.452. The van der Waals surface area contributed by atoms with Crippen LogP contribution in [0.4, 0.5) is 0 Å². The number of hydrogen-bond acceptors (Lipinski definition) is 16. The molecule has 16 unspecified atom stereocenters. The summed E-state index contributed by atoms with van der Waals surface area (Å²) in [5.41, 5.74) is 2.14. The summed E-state index contributed by atoms with van der Waals surface area (Å²) in [6, 6.07) is 46.1. The van der Waals surface area contributed by atoms with Gasteiger partial charge in [-0.2, -0.15) is 0 Å². The zero-order valence-corrected chi connectivity index (χ0v) is 44.5. The second-order valence-electron chi connectivity index (χ2n) is 20.9. The summed E-state index contributed by atoms with van der Waals surface area (Å²) in [5.74, 6) is -7.31. The molecule has 2 aliphatic carbocycles. The second kappa shape index (κ2) is 24.4. The molecule has 5 aliphatic rings. The smallest absolute Gasteiger partial charge is 0.338 e. The van der Waals surface area contributed by atoms with Gasteiger partial charge in [-0.15, -0.1) is 0 Å². The highest BCUT2D eigenvalue weighted by atomic mass is 16.8. The summed E-state index contributed by atoms with van der Waals surface area (Å²) in [6.07, 6.45) is -8.04. The Kier molecular flexibility index (Phi) is 17.2. The van der Waals surface area contributed by atoms with E-state index in [4.69, 9.17) is 56.8 Å². The van der Waals surface area contributed by atoms with E-state index in [0.29, 0.717) is 31.2 Å². The van der Waals surface area contributed by atoms with Crippen LogP contribution in [-0.2, 0) is 86.3 Å². The Balaban J connectivity index is 1.01. The number of carbonyl (C=O) groups is 4. The molecule has 2 saturated carbocycles. The molecule has 0 amide bonds. The number of carbonyl (C=O) groups excluding carboxylic acids is 4. The highest BCUT2D eigenvalue weighted by molar-refractivity contribution is 5.90. The van der Waals surface area contributed by atoms with Crippen LogP contribution in [0.15, 0.2) is 152 Å². The van der Waals surface area contributed by atoms with Crippen LogP contribution in [0.1, 0.15) is 83.9 Å². The van der Waals surface area contributed by atoms with Gasteiger partial charge in [0.1, 0.15) is 29.8 Å². The van der Waals surface area contributed by atoms with Gasteiger partial charge in [0, 0.05) is 18.3 Å². The van der Waals surface area contributed by atoms with Gasteiger partial charge in [0.25, 0.3) is 0 Å². The van der Waals surface area contributed by atoms with E-state index in [9.17, 15) is 19.2 Å². The SMILES string of the molecule is CCCC1OC(OC2C(C(=O)OC)OC3CC3(OC(=O)c3ccccc3)C2C)C(C)CC(OCc2ccccc2)C1OC1OC2(OCc3ccccc3)C(C(=O)OC)C(OCc3ccccc3)C2C1OC(=O)c1ccccc1. The zero-order chi connectivity index (χ0) is 54.4. The molecule has 16 atom stereocenters. The quantitative estimate of drug-likeness (QED) is 0.0502. The van der Waals surface area contributed by atoms with Crippen molar-refractivity contribution in [1.29, 1.82) is 0 Å². The van der Waals surface area contributed by atoms with Crippen molar-refractivity contribution in [2.75, 3.05) is 14.2 Å². The second-order valence-corrected chi connectivity index (χ2v) is 20.9. The third-order valence-electron chi connectivity index (χ3n) is 15.9. The van der Waals surface area contributed by atoms with Gasteiger partial charge in [-0.3, -0.25) is 4.79 Å². The highest BCUT2D eigenvalue weighted by Crippen LogP contribution is 2.60. The van der Waals surface area contributed by atoms with Crippen molar-refractivity contribution in [3.63, 3.8) is 0 Å². The van der Waals surface area contributed by atoms with E-state index in [1.807, 2.05) is 118 Å². The van der Waals surface area contributed by atoms with Gasteiger partial charge in [-0.1, -0.05) is 155 Å². The number of rotatable bonds is 21. The van der Waals surface area contributed by atoms with Gasteiger partial charge in [-0.05, 0) is 53.8 Å². The maximum absolute atomic E-state index is 14.4. The van der Waals surface area contributed by atoms with Crippen molar-refractivity contribution in [2.24, 2.45) is 23.7 Å². The maximum atomic E-state index is 14.4. The highest BCUT2D eigenvalue weighted by Gasteiger charge is 2.78. The van der Waals surface area contributed by atoms with Crippen molar-refractivity contribution in [1.82, 2.24) is 0 Å². The molecule has 16 heteroatoms. The number of methoxy groups -OCH3 is 2. The summed E-state index contributed by atoms with van der Waals surface area (Å²) < 4.78 is 79.1. The summed E-state index contributed by atoms with van der Waals surface area (Å²) >= 11 is 0. The van der Waals surface area contributed by atoms with Gasteiger partial charge in [0.15, 0.2) is 30.6 Å². The number of esters is 4. The predicted molar refractivity (Wildman–Crippen MR) is 280 cm³/mol. The number of ether oxygens (including phenoxy) is 12. The van der Waals surface area contributed by atoms with Crippen LogP contribution in [0.5, 0.6) is 0 Å². The molecular formula is C62H68O16. The molecule has 78 heavy (non-hydrogen) atoms. The van der Waals surface area contributed by atoms with Crippen LogP contribution < -0.4 is 0 Å². The minimum absolute atomic E-state index is 0.00994. The van der Waals surface area contributed by atoms with E-state index in [0.717, 1.165) is 16.7 Å². The third-order valence-corrected chi connectivity index (χ3v) is 15.9. The van der Waals surface area contributed by atoms with Crippen LogP contribution in [-0.4, -0.2) is 111 Å². The lowest BCUT2D eigenvalue weighted by Crippen LogP contribution is -2.71. The fourth-order valence-corrected chi connectivity index (χ4v) is 11.6. The molecule has 0 spiro atoms. The lowest BCUT2D eigenvalue weighted by molar-refractivity contribution is -0.377. The monoisotopic (exact) mass is 1070 g/mol. The molecule has 412 valence electrons. The van der Waals surface area contributed by atoms with E-state index in [1.165, 1.54) is 14.2 Å². The first-order chi connectivity index (χ1) is 38.0. The number of benzene rings is 5. The van der Waals surface area contributed by atoms with E-state index in [-0.39, 0.29) is 25.4 Å². The van der Waals surface area contributed by atoms with Crippen LogP contribution in [0.2, 0.25) is 0 Å². The molecule has 3 saturated heterocycles. The molecule has 16 nitrogen and oxygen atoms in total. The first-order valence-electron chi connectivity index (χ1n) is 27.0. The van der Waals surface area contributed by atoms with Crippen molar-refractivity contribution < 1.29 is 76.0 Å². The van der Waals surface area contributed by atoms with Crippen molar-refractivity contribution in [3.8, 4) is 0 Å². The molecule has 0 radical (unpaired) electrons. The minimum atomic E-state index is -1.79. The van der Waals surface area contributed by atoms with E-state index >= 15 is 0 Å². The Bertz CT molecular complexity index is 2790. The van der Waals surface area contributed by atoms with Gasteiger partial charge in [0.2, 0.25) is 0 Å². The number of hydrogen-bond donors (Lipinski definition) is 0. The lowest BCUT2D eigenvalue weighted by atomic mass is 9.64. The van der Waals surface area contributed by atoms with Gasteiger partial charge in [0.05, 0.1) is 69.4 Å². The van der Waals surface area contributed by atoms with Crippen LogP contribution in [0.3, 0.4) is 0 Å². The zero-order valence-electron chi connectivity index (χ0n) is 44.5. The molecular weight excluding hydrogens is 1000 g/mol. The molecule has 10 rings (SSSR count). The molecule has 5 fully saturated rings. The fourth-order valence-electron chi connectivity index (χ4n) is 11.6. The molecule has 5 aromatic rings. The molecule has 5 aromatic carbocycles. The molecule has 3 heterocycles. The predicted octanol–water partition coefficient (Wildman–Crippen LogP) is 8.97. The van der Waals surface area contributed by atoms with Gasteiger partial charge < -0.3 is 56.8 Å². The normalized spacial score (nSPS) is 32.7. The van der Waals surface area contributed by atoms with Crippen molar-refractivity contribution in [3.05, 3.63) is 179 Å². The van der Waals surface area contributed by atoms with E-state index in [2.05, 4.69) is 0 Å². The lowest BCUT2D eigenvalue weighted by Gasteiger charge is -2.54. The molecule has 3 aliphatic heterocycles. The molecule has 0 bridgehead atoms. The average Bonchev–Trinajstić information content (AvgIpc) is 2.96.